The summed E-state index contributed by atoms with van der Waals surface area (Å²) in [4.78, 5) is 18.7. The molecule has 3 unspecified atom stereocenters. The Morgan fingerprint density at radius 1 is 1.13 bits per heavy atom. The Kier molecular flexibility index (Phi) is 5.81. The van der Waals surface area contributed by atoms with Gasteiger partial charge in [0.15, 0.2) is 5.82 Å². The molecule has 1 aliphatic heterocycles. The van der Waals surface area contributed by atoms with Crippen molar-refractivity contribution in [3.05, 3.63) is 66.1 Å². The third-order valence-corrected chi connectivity index (χ3v) is 5.81. The molecule has 0 amide bonds. The Hall–Kier alpha value is -3.19. The number of carbonyl (C=O) groups excluding carboxylic acids is 1. The van der Waals surface area contributed by atoms with E-state index in [-0.39, 0.29) is 18.0 Å². The molecule has 1 aliphatic rings. The molecule has 1 fully saturated rings. The van der Waals surface area contributed by atoms with E-state index in [1.54, 1.807) is 31.3 Å². The zero-order valence-corrected chi connectivity index (χ0v) is 17.4. The number of aldehydes is 1. The van der Waals surface area contributed by atoms with Crippen molar-refractivity contribution in [2.45, 2.75) is 32.0 Å². The summed E-state index contributed by atoms with van der Waals surface area (Å²) in [5, 5.41) is 4.26. The lowest BCUT2D eigenvalue weighted by atomic mass is 9.97. The first-order valence-corrected chi connectivity index (χ1v) is 10.0. The maximum atomic E-state index is 12.0. The first-order chi connectivity index (χ1) is 14.7. The summed E-state index contributed by atoms with van der Waals surface area (Å²) < 4.78 is 13.0. The minimum absolute atomic E-state index is 0.00242. The summed E-state index contributed by atoms with van der Waals surface area (Å²) >= 11 is 0. The quantitative estimate of drug-likeness (QED) is 0.560. The van der Waals surface area contributed by atoms with E-state index in [0.717, 1.165) is 41.2 Å². The molecule has 156 valence electrons. The number of carbonyl (C=O) groups is 1. The van der Waals surface area contributed by atoms with Crippen molar-refractivity contribution in [2.75, 3.05) is 14.2 Å². The fourth-order valence-electron chi connectivity index (χ4n) is 4.38. The van der Waals surface area contributed by atoms with Gasteiger partial charge < -0.3 is 14.3 Å². The molecule has 4 rings (SSSR count). The third kappa shape index (κ3) is 3.68. The largest absolute Gasteiger partial charge is 0.496 e. The number of aromatic nitrogens is 3. The van der Waals surface area contributed by atoms with Crippen molar-refractivity contribution in [2.24, 2.45) is 5.92 Å². The van der Waals surface area contributed by atoms with Gasteiger partial charge in [0.25, 0.3) is 0 Å². The van der Waals surface area contributed by atoms with E-state index >= 15 is 0 Å². The normalized spacial score (nSPS) is 21.5. The van der Waals surface area contributed by atoms with Gasteiger partial charge in [0.05, 0.1) is 25.8 Å². The maximum absolute atomic E-state index is 12.0. The Morgan fingerprint density at radius 3 is 2.53 bits per heavy atom. The highest BCUT2D eigenvalue weighted by atomic mass is 16.5. The minimum Gasteiger partial charge on any atom is -0.496 e. The van der Waals surface area contributed by atoms with E-state index < -0.39 is 0 Å². The van der Waals surface area contributed by atoms with Gasteiger partial charge in [-0.1, -0.05) is 13.0 Å². The predicted octanol–water partition coefficient (Wildman–Crippen LogP) is 3.44. The Bertz CT molecular complexity index is 983. The number of nitrogens with zero attached hydrogens (tertiary/aromatic N) is 4. The number of likely N-dealkylation sites (tertiary alicyclic amines) is 1. The molecule has 3 heterocycles. The summed E-state index contributed by atoms with van der Waals surface area (Å²) in [6.45, 7) is 2.73. The number of hydrogen-bond acceptors (Lipinski definition) is 6. The highest BCUT2D eigenvalue weighted by Crippen LogP contribution is 2.46. The minimum atomic E-state index is -0.189. The summed E-state index contributed by atoms with van der Waals surface area (Å²) in [6, 6.07) is 11.5. The maximum Gasteiger partial charge on any atom is 0.153 e. The monoisotopic (exact) mass is 406 g/mol. The lowest BCUT2D eigenvalue weighted by Crippen LogP contribution is -2.34. The van der Waals surface area contributed by atoms with Crippen LogP contribution in [-0.2, 0) is 11.3 Å². The highest BCUT2D eigenvalue weighted by molar-refractivity contribution is 5.60. The zero-order chi connectivity index (χ0) is 21.1. The van der Waals surface area contributed by atoms with Crippen LogP contribution in [0.4, 0.5) is 0 Å². The fraction of sp³-hybridized carbons (Fsp3) is 0.348. The van der Waals surface area contributed by atoms with Crippen LogP contribution >= 0.6 is 0 Å². The second-order valence-electron chi connectivity index (χ2n) is 7.58. The molecule has 0 bridgehead atoms. The van der Waals surface area contributed by atoms with Crippen molar-refractivity contribution in [3.8, 4) is 17.3 Å². The number of ether oxygens (including phenoxy) is 2. The molecular formula is C23H26N4O3. The molecular weight excluding hydrogens is 380 g/mol. The van der Waals surface area contributed by atoms with Crippen LogP contribution < -0.4 is 9.47 Å². The molecule has 2 aromatic heterocycles. The fourth-order valence-corrected chi connectivity index (χ4v) is 4.38. The smallest absolute Gasteiger partial charge is 0.153 e. The molecule has 1 saturated heterocycles. The van der Waals surface area contributed by atoms with Crippen molar-refractivity contribution in [3.63, 3.8) is 0 Å². The Morgan fingerprint density at radius 2 is 1.90 bits per heavy atom. The van der Waals surface area contributed by atoms with Crippen molar-refractivity contribution in [1.29, 1.82) is 0 Å². The van der Waals surface area contributed by atoms with Gasteiger partial charge in [-0.2, -0.15) is 5.10 Å². The number of pyridine rings is 1. The van der Waals surface area contributed by atoms with Crippen LogP contribution in [0.2, 0.25) is 0 Å². The Labute approximate surface area is 176 Å². The third-order valence-electron chi connectivity index (χ3n) is 5.81. The SMILES string of the molecule is COc1cccc(OC)c1C1CC(C)C(C=O)N1Cc1ccnc(-n2cccn2)c1. The predicted molar refractivity (Wildman–Crippen MR) is 113 cm³/mol. The lowest BCUT2D eigenvalue weighted by Gasteiger charge is -2.30. The lowest BCUT2D eigenvalue weighted by molar-refractivity contribution is -0.113. The van der Waals surface area contributed by atoms with Crippen LogP contribution in [0.25, 0.3) is 5.82 Å². The van der Waals surface area contributed by atoms with E-state index in [1.165, 1.54) is 0 Å². The topological polar surface area (TPSA) is 69.5 Å². The summed E-state index contributed by atoms with van der Waals surface area (Å²) in [7, 11) is 3.33. The first kappa shape index (κ1) is 20.1. The average Bonchev–Trinajstić information content (AvgIpc) is 3.41. The number of benzene rings is 1. The molecule has 1 aromatic carbocycles. The highest BCUT2D eigenvalue weighted by Gasteiger charge is 2.41. The molecule has 7 heteroatoms. The van der Waals surface area contributed by atoms with E-state index in [2.05, 4.69) is 21.9 Å². The second kappa shape index (κ2) is 8.67. The summed E-state index contributed by atoms with van der Waals surface area (Å²) in [6.07, 6.45) is 7.27. The van der Waals surface area contributed by atoms with Gasteiger partial charge in [-0.15, -0.1) is 0 Å². The van der Waals surface area contributed by atoms with Gasteiger partial charge in [-0.25, -0.2) is 9.67 Å². The van der Waals surface area contributed by atoms with Crippen molar-refractivity contribution < 1.29 is 14.3 Å². The molecule has 3 aromatic rings. The molecule has 0 aliphatic carbocycles. The van der Waals surface area contributed by atoms with Gasteiger partial charge in [0.1, 0.15) is 17.8 Å². The first-order valence-electron chi connectivity index (χ1n) is 10.0. The van der Waals surface area contributed by atoms with Crippen molar-refractivity contribution >= 4 is 6.29 Å². The van der Waals surface area contributed by atoms with Crippen LogP contribution in [0, 0.1) is 5.92 Å². The average molecular weight is 406 g/mol. The molecule has 30 heavy (non-hydrogen) atoms. The van der Waals surface area contributed by atoms with Crippen molar-refractivity contribution in [1.82, 2.24) is 19.7 Å². The van der Waals surface area contributed by atoms with Gasteiger partial charge >= 0.3 is 0 Å². The van der Waals surface area contributed by atoms with Crippen LogP contribution in [0.1, 0.15) is 30.5 Å². The van der Waals surface area contributed by atoms with E-state index in [4.69, 9.17) is 9.47 Å². The standard InChI is InChI=1S/C23H26N4O3/c1-16-12-18(23-20(29-2)6-4-7-21(23)30-3)26(19(16)15-28)14-17-8-10-24-22(13-17)27-11-5-9-25-27/h4-11,13,15-16,18-19H,12,14H2,1-3H3. The van der Waals surface area contributed by atoms with E-state index in [1.807, 2.05) is 42.6 Å². The van der Waals surface area contributed by atoms with Crippen LogP contribution in [0.5, 0.6) is 11.5 Å². The summed E-state index contributed by atoms with van der Waals surface area (Å²) in [5.74, 6) is 2.51. The number of hydrogen-bond donors (Lipinski definition) is 0. The molecule has 7 nitrogen and oxygen atoms in total. The Balaban J connectivity index is 1.72. The van der Waals surface area contributed by atoms with Crippen LogP contribution in [0.15, 0.2) is 55.0 Å². The zero-order valence-electron chi connectivity index (χ0n) is 17.4. The van der Waals surface area contributed by atoms with Gasteiger partial charge in [0.2, 0.25) is 0 Å². The van der Waals surface area contributed by atoms with Crippen LogP contribution in [0.3, 0.4) is 0 Å². The van der Waals surface area contributed by atoms with E-state index in [0.29, 0.717) is 6.54 Å². The molecule has 0 N–H and O–H groups in total. The van der Waals surface area contributed by atoms with E-state index in [9.17, 15) is 4.79 Å². The van der Waals surface area contributed by atoms with Crippen LogP contribution in [-0.4, -0.2) is 46.2 Å². The molecule has 0 saturated carbocycles. The van der Waals surface area contributed by atoms with Gasteiger partial charge in [-0.3, -0.25) is 4.90 Å². The molecule has 3 atom stereocenters. The summed E-state index contributed by atoms with van der Waals surface area (Å²) in [5.41, 5.74) is 2.05. The second-order valence-corrected chi connectivity index (χ2v) is 7.58. The molecule has 0 spiro atoms. The number of rotatable bonds is 7. The number of methoxy groups -OCH3 is 2. The van der Waals surface area contributed by atoms with Gasteiger partial charge in [0, 0.05) is 31.2 Å². The van der Waals surface area contributed by atoms with Gasteiger partial charge in [-0.05, 0) is 48.2 Å². The molecule has 0 radical (unpaired) electrons.